The number of hydrogen-bond acceptors (Lipinski definition) is 3. The van der Waals surface area contributed by atoms with Crippen LogP contribution in [0.3, 0.4) is 0 Å². The number of amides is 2. The number of carbonyl (C=O) groups excluding carboxylic acids is 1. The zero-order valence-electron chi connectivity index (χ0n) is 15.1. The van der Waals surface area contributed by atoms with Crippen LogP contribution in [0.2, 0.25) is 0 Å². The molecule has 0 bridgehead atoms. The standard InChI is InChI=1S/C20H26N4O/c1-20(2,3)11-18(16-5-4-8-22-12-16)23-19(25)24-13-17(14-24)15-6-9-21-10-7-15/h4-10,12,17-18H,11,13-14H2,1-3H3,(H,23,25). The molecule has 1 aliphatic rings. The molecule has 0 aromatic carbocycles. The summed E-state index contributed by atoms with van der Waals surface area (Å²) in [6, 6.07) is 7.97. The summed E-state index contributed by atoms with van der Waals surface area (Å²) in [5, 5.41) is 3.20. The van der Waals surface area contributed by atoms with E-state index < -0.39 is 0 Å². The van der Waals surface area contributed by atoms with E-state index in [1.165, 1.54) is 5.56 Å². The number of pyridine rings is 2. The Hall–Kier alpha value is -2.43. The van der Waals surface area contributed by atoms with Crippen molar-refractivity contribution in [3.05, 3.63) is 60.2 Å². The Bertz CT molecular complexity index is 691. The average Bonchev–Trinajstić information content (AvgIpc) is 2.53. The molecule has 1 fully saturated rings. The number of likely N-dealkylation sites (tertiary alicyclic amines) is 1. The molecule has 2 aromatic heterocycles. The minimum Gasteiger partial charge on any atom is -0.331 e. The molecular formula is C20H26N4O. The van der Waals surface area contributed by atoms with Crippen molar-refractivity contribution in [3.8, 4) is 0 Å². The minimum absolute atomic E-state index is 0.00316. The molecule has 1 unspecified atom stereocenters. The summed E-state index contributed by atoms with van der Waals surface area (Å²) in [6.07, 6.45) is 8.08. The molecule has 0 radical (unpaired) electrons. The molecule has 2 amide bonds. The first-order valence-corrected chi connectivity index (χ1v) is 8.78. The molecule has 2 aromatic rings. The lowest BCUT2D eigenvalue weighted by Gasteiger charge is -2.40. The third kappa shape index (κ3) is 4.56. The van der Waals surface area contributed by atoms with Gasteiger partial charge in [-0.05, 0) is 41.2 Å². The number of hydrogen-bond donors (Lipinski definition) is 1. The summed E-state index contributed by atoms with van der Waals surface area (Å²) >= 11 is 0. The first kappa shape index (κ1) is 17.4. The van der Waals surface area contributed by atoms with Gasteiger partial charge in [0.25, 0.3) is 0 Å². The highest BCUT2D eigenvalue weighted by atomic mass is 16.2. The van der Waals surface area contributed by atoms with E-state index in [9.17, 15) is 4.79 Å². The summed E-state index contributed by atoms with van der Waals surface area (Å²) in [4.78, 5) is 22.8. The maximum absolute atomic E-state index is 12.7. The fourth-order valence-corrected chi connectivity index (χ4v) is 3.18. The zero-order valence-corrected chi connectivity index (χ0v) is 15.1. The van der Waals surface area contributed by atoms with Gasteiger partial charge < -0.3 is 10.2 Å². The molecule has 3 rings (SSSR count). The lowest BCUT2D eigenvalue weighted by atomic mass is 9.86. The average molecular weight is 338 g/mol. The van der Waals surface area contributed by atoms with Crippen molar-refractivity contribution in [3.63, 3.8) is 0 Å². The smallest absolute Gasteiger partial charge is 0.317 e. The maximum atomic E-state index is 12.7. The molecule has 3 heterocycles. The van der Waals surface area contributed by atoms with E-state index in [2.05, 4.69) is 36.1 Å². The van der Waals surface area contributed by atoms with Crippen molar-refractivity contribution in [2.75, 3.05) is 13.1 Å². The Kier molecular flexibility index (Phi) is 5.02. The Morgan fingerprint density at radius 3 is 2.52 bits per heavy atom. The van der Waals surface area contributed by atoms with Gasteiger partial charge >= 0.3 is 6.03 Å². The lowest BCUT2D eigenvalue weighted by molar-refractivity contribution is 0.145. The predicted octanol–water partition coefficient (Wildman–Crippen LogP) is 3.76. The molecular weight excluding hydrogens is 312 g/mol. The quantitative estimate of drug-likeness (QED) is 0.923. The highest BCUT2D eigenvalue weighted by molar-refractivity contribution is 5.76. The Morgan fingerprint density at radius 1 is 1.20 bits per heavy atom. The minimum atomic E-state index is -0.0267. The van der Waals surface area contributed by atoms with Crippen LogP contribution in [0.5, 0.6) is 0 Å². The SMILES string of the molecule is CC(C)(C)CC(NC(=O)N1CC(c2ccncc2)C1)c1cccnc1. The van der Waals surface area contributed by atoms with Crippen LogP contribution >= 0.6 is 0 Å². The van der Waals surface area contributed by atoms with Gasteiger partial charge in [0.1, 0.15) is 0 Å². The van der Waals surface area contributed by atoms with Crippen molar-refractivity contribution in [2.45, 2.75) is 39.2 Å². The van der Waals surface area contributed by atoms with Crippen molar-refractivity contribution in [1.29, 1.82) is 0 Å². The van der Waals surface area contributed by atoms with E-state index >= 15 is 0 Å². The lowest BCUT2D eigenvalue weighted by Crippen LogP contribution is -2.53. The highest BCUT2D eigenvalue weighted by Gasteiger charge is 2.33. The van der Waals surface area contributed by atoms with Gasteiger partial charge in [0, 0.05) is 43.8 Å². The van der Waals surface area contributed by atoms with Crippen LogP contribution < -0.4 is 5.32 Å². The van der Waals surface area contributed by atoms with Crippen molar-refractivity contribution in [2.24, 2.45) is 5.41 Å². The van der Waals surface area contributed by atoms with Gasteiger partial charge in [0.2, 0.25) is 0 Å². The van der Waals surface area contributed by atoms with Crippen LogP contribution in [0.1, 0.15) is 50.3 Å². The molecule has 0 aliphatic carbocycles. The number of rotatable bonds is 4. The number of urea groups is 1. The van der Waals surface area contributed by atoms with Crippen molar-refractivity contribution in [1.82, 2.24) is 20.2 Å². The second-order valence-electron chi connectivity index (χ2n) is 7.94. The molecule has 1 atom stereocenters. The fraction of sp³-hybridized carbons (Fsp3) is 0.450. The van der Waals surface area contributed by atoms with Gasteiger partial charge in [0.05, 0.1) is 6.04 Å². The Labute approximate surface area is 149 Å². The number of nitrogens with zero attached hydrogens (tertiary/aromatic N) is 3. The molecule has 5 heteroatoms. The van der Waals surface area contributed by atoms with Crippen LogP contribution in [0.25, 0.3) is 0 Å². The highest BCUT2D eigenvalue weighted by Crippen LogP contribution is 2.31. The third-order valence-corrected chi connectivity index (χ3v) is 4.55. The fourth-order valence-electron chi connectivity index (χ4n) is 3.18. The molecule has 0 saturated carbocycles. The van der Waals surface area contributed by atoms with E-state index in [0.717, 1.165) is 25.1 Å². The summed E-state index contributed by atoms with van der Waals surface area (Å²) < 4.78 is 0. The Balaban J connectivity index is 1.61. The molecule has 5 nitrogen and oxygen atoms in total. The van der Waals surface area contributed by atoms with E-state index in [1.54, 1.807) is 18.6 Å². The molecule has 25 heavy (non-hydrogen) atoms. The van der Waals surface area contributed by atoms with E-state index in [1.807, 2.05) is 35.4 Å². The predicted molar refractivity (Wildman–Crippen MR) is 98.1 cm³/mol. The van der Waals surface area contributed by atoms with Gasteiger partial charge in [-0.25, -0.2) is 4.79 Å². The first-order valence-electron chi connectivity index (χ1n) is 8.78. The van der Waals surface area contributed by atoms with E-state index in [4.69, 9.17) is 0 Å². The van der Waals surface area contributed by atoms with Gasteiger partial charge in [-0.3, -0.25) is 9.97 Å². The van der Waals surface area contributed by atoms with E-state index in [0.29, 0.717) is 5.92 Å². The summed E-state index contributed by atoms with van der Waals surface area (Å²) in [5.74, 6) is 0.410. The second-order valence-corrected chi connectivity index (χ2v) is 7.94. The molecule has 132 valence electrons. The molecule has 1 aliphatic heterocycles. The van der Waals surface area contributed by atoms with Crippen LogP contribution in [-0.4, -0.2) is 34.0 Å². The maximum Gasteiger partial charge on any atom is 0.317 e. The summed E-state index contributed by atoms with van der Waals surface area (Å²) in [5.41, 5.74) is 2.41. The van der Waals surface area contributed by atoms with Crippen molar-refractivity contribution < 1.29 is 4.79 Å². The summed E-state index contributed by atoms with van der Waals surface area (Å²) in [7, 11) is 0. The first-order chi connectivity index (χ1) is 11.9. The van der Waals surface area contributed by atoms with Gasteiger partial charge in [-0.15, -0.1) is 0 Å². The monoisotopic (exact) mass is 338 g/mol. The van der Waals surface area contributed by atoms with Crippen LogP contribution in [0, 0.1) is 5.41 Å². The van der Waals surface area contributed by atoms with Gasteiger partial charge in [-0.1, -0.05) is 26.8 Å². The normalized spacial score (nSPS) is 16.2. The van der Waals surface area contributed by atoms with Crippen LogP contribution in [0.4, 0.5) is 4.79 Å². The third-order valence-electron chi connectivity index (χ3n) is 4.55. The zero-order chi connectivity index (χ0) is 17.9. The number of aromatic nitrogens is 2. The summed E-state index contributed by atoms with van der Waals surface area (Å²) in [6.45, 7) is 8.07. The largest absolute Gasteiger partial charge is 0.331 e. The van der Waals surface area contributed by atoms with Gasteiger partial charge in [-0.2, -0.15) is 0 Å². The topological polar surface area (TPSA) is 58.1 Å². The number of nitrogens with one attached hydrogen (secondary N) is 1. The van der Waals surface area contributed by atoms with Gasteiger partial charge in [0.15, 0.2) is 0 Å². The van der Waals surface area contributed by atoms with Crippen LogP contribution in [0.15, 0.2) is 49.1 Å². The molecule has 0 spiro atoms. The molecule has 1 saturated heterocycles. The molecule has 1 N–H and O–H groups in total. The van der Waals surface area contributed by atoms with Crippen LogP contribution in [-0.2, 0) is 0 Å². The van der Waals surface area contributed by atoms with E-state index in [-0.39, 0.29) is 17.5 Å². The Morgan fingerprint density at radius 2 is 1.92 bits per heavy atom. The van der Waals surface area contributed by atoms with Crippen molar-refractivity contribution >= 4 is 6.03 Å². The second kappa shape index (κ2) is 7.21. The number of carbonyl (C=O) groups is 1.